The van der Waals surface area contributed by atoms with Crippen molar-refractivity contribution in [1.29, 1.82) is 0 Å². The van der Waals surface area contributed by atoms with E-state index >= 15 is 0 Å². The monoisotopic (exact) mass is 472 g/mol. The van der Waals surface area contributed by atoms with Gasteiger partial charge in [0.25, 0.3) is 5.91 Å². The van der Waals surface area contributed by atoms with Gasteiger partial charge in [0.05, 0.1) is 28.6 Å². The van der Waals surface area contributed by atoms with E-state index in [9.17, 15) is 21.6 Å². The highest BCUT2D eigenvalue weighted by Crippen LogP contribution is 2.35. The summed E-state index contributed by atoms with van der Waals surface area (Å²) in [7, 11) is -6.35. The zero-order valence-electron chi connectivity index (χ0n) is 16.1. The maximum Gasteiger partial charge on any atom is 0.252 e. The van der Waals surface area contributed by atoms with E-state index in [1.165, 1.54) is 19.2 Å². The fourth-order valence-electron chi connectivity index (χ4n) is 3.44. The first-order chi connectivity index (χ1) is 14.1. The molecule has 0 saturated carbocycles. The summed E-state index contributed by atoms with van der Waals surface area (Å²) in [5.41, 5.74) is 5.70. The van der Waals surface area contributed by atoms with Crippen molar-refractivity contribution in [3.8, 4) is 5.75 Å². The Morgan fingerprint density at radius 3 is 2.53 bits per heavy atom. The number of nitrogens with two attached hydrogens (primary N) is 1. The lowest BCUT2D eigenvalue weighted by molar-refractivity contribution is 0.0997. The smallest absolute Gasteiger partial charge is 0.252 e. The van der Waals surface area contributed by atoms with E-state index < -0.39 is 31.0 Å². The molecule has 30 heavy (non-hydrogen) atoms. The number of benzene rings is 2. The maximum atomic E-state index is 13.1. The van der Waals surface area contributed by atoms with Crippen molar-refractivity contribution in [1.82, 2.24) is 4.31 Å². The molecule has 0 radical (unpaired) electrons. The molecule has 3 rings (SSSR count). The number of nitrogens with zero attached hydrogens (tertiary/aromatic N) is 1. The maximum absolute atomic E-state index is 13.1. The van der Waals surface area contributed by atoms with E-state index in [4.69, 9.17) is 22.1 Å². The number of amides is 1. The fraction of sp³-hybridized carbons (Fsp3) is 0.316. The molecule has 1 saturated heterocycles. The fourth-order valence-corrected chi connectivity index (χ4v) is 7.19. The molecular weight excluding hydrogens is 452 g/mol. The van der Waals surface area contributed by atoms with Gasteiger partial charge in [-0.3, -0.25) is 4.79 Å². The highest BCUT2D eigenvalue weighted by atomic mass is 35.5. The molecule has 8 nitrogen and oxygen atoms in total. The molecule has 1 aliphatic heterocycles. The summed E-state index contributed by atoms with van der Waals surface area (Å²) in [6.45, 7) is -0.223. The second-order valence-corrected chi connectivity index (χ2v) is 11.4. The minimum absolute atomic E-state index is 0.0185. The van der Waals surface area contributed by atoms with E-state index in [1.54, 1.807) is 24.3 Å². The van der Waals surface area contributed by atoms with Crippen LogP contribution in [0.15, 0.2) is 47.4 Å². The van der Waals surface area contributed by atoms with Gasteiger partial charge in [-0.05, 0) is 36.2 Å². The normalized spacial score (nSPS) is 19.7. The summed E-state index contributed by atoms with van der Waals surface area (Å²) in [4.78, 5) is 11.5. The van der Waals surface area contributed by atoms with Gasteiger partial charge < -0.3 is 10.5 Å². The molecule has 2 N–H and O–H groups in total. The molecule has 1 aliphatic rings. The van der Waals surface area contributed by atoms with Crippen LogP contribution in [0.1, 0.15) is 27.6 Å². The minimum atomic E-state index is -4.06. The molecule has 11 heteroatoms. The first kappa shape index (κ1) is 22.5. The van der Waals surface area contributed by atoms with Crippen molar-refractivity contribution in [2.45, 2.75) is 16.6 Å². The number of sulfone groups is 1. The molecule has 2 aromatic carbocycles. The van der Waals surface area contributed by atoms with Crippen molar-refractivity contribution >= 4 is 37.4 Å². The molecule has 1 atom stereocenters. The van der Waals surface area contributed by atoms with Gasteiger partial charge >= 0.3 is 0 Å². The zero-order chi connectivity index (χ0) is 22.1. The van der Waals surface area contributed by atoms with Crippen LogP contribution in [-0.4, -0.2) is 53.0 Å². The quantitative estimate of drug-likeness (QED) is 0.709. The number of rotatable bonds is 5. The van der Waals surface area contributed by atoms with Gasteiger partial charge in [0.2, 0.25) is 10.0 Å². The third-order valence-corrected chi connectivity index (χ3v) is 9.37. The molecule has 0 aliphatic carbocycles. The predicted octanol–water partition coefficient (Wildman–Crippen LogP) is 2.00. The van der Waals surface area contributed by atoms with Crippen molar-refractivity contribution in [3.63, 3.8) is 0 Å². The van der Waals surface area contributed by atoms with Crippen molar-refractivity contribution < 1.29 is 26.4 Å². The number of sulfonamides is 1. The van der Waals surface area contributed by atoms with Crippen LogP contribution in [0.2, 0.25) is 5.02 Å². The topological polar surface area (TPSA) is 124 Å². The molecule has 1 heterocycles. The number of hydrogen-bond donors (Lipinski definition) is 1. The van der Waals surface area contributed by atoms with Gasteiger partial charge in [-0.2, -0.15) is 4.31 Å². The van der Waals surface area contributed by atoms with Crippen LogP contribution >= 0.6 is 11.6 Å². The number of hydrogen-bond acceptors (Lipinski definition) is 6. The Morgan fingerprint density at radius 1 is 1.20 bits per heavy atom. The Kier molecular flexibility index (Phi) is 6.42. The van der Waals surface area contributed by atoms with Crippen LogP contribution in [0, 0.1) is 0 Å². The summed E-state index contributed by atoms with van der Waals surface area (Å²) in [5, 5.41) is -0.577. The van der Waals surface area contributed by atoms with Gasteiger partial charge in [-0.1, -0.05) is 29.8 Å². The van der Waals surface area contributed by atoms with Crippen LogP contribution in [0.3, 0.4) is 0 Å². The summed E-state index contributed by atoms with van der Waals surface area (Å²) in [6.07, 6.45) is 0.0597. The lowest BCUT2D eigenvalue weighted by atomic mass is 10.1. The highest BCUT2D eigenvalue weighted by molar-refractivity contribution is 7.92. The number of methoxy groups -OCH3 is 1. The van der Waals surface area contributed by atoms with E-state index in [1.807, 2.05) is 0 Å². The van der Waals surface area contributed by atoms with Gasteiger partial charge in [-0.25, -0.2) is 16.8 Å². The van der Waals surface area contributed by atoms with E-state index in [-0.39, 0.29) is 41.5 Å². The SMILES string of the molecule is COc1ccc(S(=O)(=O)N2CCC(c3ccccc3Cl)S(=O)(=O)CC2)cc1C(N)=O. The van der Waals surface area contributed by atoms with Crippen LogP contribution in [0.25, 0.3) is 0 Å². The molecule has 1 amide bonds. The third kappa shape index (κ3) is 4.31. The van der Waals surface area contributed by atoms with Crippen molar-refractivity contribution in [2.24, 2.45) is 5.73 Å². The van der Waals surface area contributed by atoms with Crippen LogP contribution < -0.4 is 10.5 Å². The largest absolute Gasteiger partial charge is 0.496 e. The number of halogens is 1. The summed E-state index contributed by atoms with van der Waals surface area (Å²) >= 11 is 6.18. The predicted molar refractivity (Wildman–Crippen MR) is 113 cm³/mol. The average molecular weight is 473 g/mol. The molecule has 1 unspecified atom stereocenters. The summed E-state index contributed by atoms with van der Waals surface area (Å²) < 4.78 is 58.1. The summed E-state index contributed by atoms with van der Waals surface area (Å²) in [5.74, 6) is -1.03. The number of primary amides is 1. The van der Waals surface area contributed by atoms with Gasteiger partial charge in [0, 0.05) is 18.1 Å². The Balaban J connectivity index is 1.95. The zero-order valence-corrected chi connectivity index (χ0v) is 18.5. The first-order valence-electron chi connectivity index (χ1n) is 9.02. The third-order valence-electron chi connectivity index (χ3n) is 5.03. The second kappa shape index (κ2) is 8.54. The van der Waals surface area contributed by atoms with E-state index in [0.29, 0.717) is 10.6 Å². The number of carbonyl (C=O) groups is 1. The number of carbonyl (C=O) groups excluding carboxylic acids is 1. The Morgan fingerprint density at radius 2 is 1.90 bits per heavy atom. The highest BCUT2D eigenvalue weighted by Gasteiger charge is 2.36. The van der Waals surface area contributed by atoms with E-state index in [2.05, 4.69) is 0 Å². The lowest BCUT2D eigenvalue weighted by Crippen LogP contribution is -2.33. The molecule has 2 aromatic rings. The van der Waals surface area contributed by atoms with Crippen LogP contribution in [0.5, 0.6) is 5.75 Å². The number of ether oxygens (including phenoxy) is 1. The first-order valence-corrected chi connectivity index (χ1v) is 12.6. The van der Waals surface area contributed by atoms with Gasteiger partial charge in [-0.15, -0.1) is 0 Å². The van der Waals surface area contributed by atoms with Crippen molar-refractivity contribution in [2.75, 3.05) is 26.0 Å². The standard InChI is InChI=1S/C19H21ClN2O6S2/c1-28-17-7-6-13(12-15(17)19(21)23)30(26,27)22-9-8-18(29(24,25)11-10-22)14-4-2-3-5-16(14)20/h2-7,12,18H,8-11H2,1H3,(H2,21,23). The minimum Gasteiger partial charge on any atom is -0.496 e. The molecule has 1 fully saturated rings. The Bertz CT molecular complexity index is 1180. The molecule has 0 bridgehead atoms. The molecule has 0 aromatic heterocycles. The summed E-state index contributed by atoms with van der Waals surface area (Å²) in [6, 6.07) is 10.4. The molecular formula is C19H21ClN2O6S2. The van der Waals surface area contributed by atoms with Gasteiger partial charge in [0.15, 0.2) is 9.84 Å². The second-order valence-electron chi connectivity index (χ2n) is 6.80. The van der Waals surface area contributed by atoms with Gasteiger partial charge in [0.1, 0.15) is 5.75 Å². The van der Waals surface area contributed by atoms with Crippen LogP contribution in [0.4, 0.5) is 0 Å². The molecule has 162 valence electrons. The Labute approximate surface area is 180 Å². The molecule has 0 spiro atoms. The van der Waals surface area contributed by atoms with E-state index in [0.717, 1.165) is 10.4 Å². The lowest BCUT2D eigenvalue weighted by Gasteiger charge is -2.20. The average Bonchev–Trinajstić information content (AvgIpc) is 2.86. The van der Waals surface area contributed by atoms with Crippen molar-refractivity contribution in [3.05, 3.63) is 58.6 Å². The van der Waals surface area contributed by atoms with Crippen LogP contribution in [-0.2, 0) is 19.9 Å². The Hall–Kier alpha value is -2.14.